The largest absolute Gasteiger partial charge is 0.416 e. The summed E-state index contributed by atoms with van der Waals surface area (Å²) in [7, 11) is -4.64. The number of rotatable bonds is 12. The number of nitrogens with zero attached hydrogens (tertiary/aromatic N) is 2. The number of sulfonamides is 1. The second-order valence-electron chi connectivity index (χ2n) is 12.2. The van der Waals surface area contributed by atoms with E-state index in [2.05, 4.69) is 5.32 Å². The van der Waals surface area contributed by atoms with Gasteiger partial charge in [-0.2, -0.15) is 13.2 Å². The summed E-state index contributed by atoms with van der Waals surface area (Å²) in [6.45, 7) is 0.894. The first-order chi connectivity index (χ1) is 23.3. The lowest BCUT2D eigenvalue weighted by Gasteiger charge is -2.34. The molecular weight excluding hydrogens is 675 g/mol. The monoisotopic (exact) mass is 711 g/mol. The van der Waals surface area contributed by atoms with Gasteiger partial charge in [-0.3, -0.25) is 13.9 Å². The van der Waals surface area contributed by atoms with Crippen LogP contribution in [0.2, 0.25) is 5.02 Å². The Kier molecular flexibility index (Phi) is 11.3. The molecule has 4 aromatic carbocycles. The van der Waals surface area contributed by atoms with Gasteiger partial charge in [0.15, 0.2) is 0 Å². The Hall–Kier alpha value is -4.35. The van der Waals surface area contributed by atoms with Crippen LogP contribution in [0.15, 0.2) is 108 Å². The number of halogens is 4. The fraction of sp³-hybridized carbons (Fsp3) is 0.297. The minimum Gasteiger partial charge on any atom is -0.352 e. The van der Waals surface area contributed by atoms with Crippen LogP contribution in [-0.2, 0) is 38.8 Å². The molecular formula is C37H37ClF3N3O4S. The quantitative estimate of drug-likeness (QED) is 0.164. The van der Waals surface area contributed by atoms with Crippen molar-refractivity contribution in [2.75, 3.05) is 10.8 Å². The van der Waals surface area contributed by atoms with E-state index in [4.69, 9.17) is 11.6 Å². The van der Waals surface area contributed by atoms with Gasteiger partial charge in [-0.1, -0.05) is 103 Å². The molecule has 0 aromatic heterocycles. The highest BCUT2D eigenvalue weighted by Gasteiger charge is 2.38. The third-order valence-corrected chi connectivity index (χ3v) is 10.7. The number of nitrogens with one attached hydrogen (secondary N) is 1. The molecule has 1 fully saturated rings. The molecule has 0 radical (unpaired) electrons. The zero-order chi connectivity index (χ0) is 35.2. The summed E-state index contributed by atoms with van der Waals surface area (Å²) in [6, 6.07) is 24.7. The molecule has 4 aromatic rings. The summed E-state index contributed by atoms with van der Waals surface area (Å²) in [4.78, 5) is 29.8. The molecule has 12 heteroatoms. The average molecular weight is 712 g/mol. The molecule has 0 heterocycles. The molecule has 0 aliphatic heterocycles. The van der Waals surface area contributed by atoms with Crippen LogP contribution in [0.1, 0.15) is 47.9 Å². The smallest absolute Gasteiger partial charge is 0.352 e. The van der Waals surface area contributed by atoms with Crippen LogP contribution in [0.4, 0.5) is 18.9 Å². The lowest BCUT2D eigenvalue weighted by molar-refractivity contribution is -0.140. The van der Waals surface area contributed by atoms with Crippen molar-refractivity contribution < 1.29 is 31.2 Å². The third-order valence-electron chi connectivity index (χ3n) is 8.56. The third kappa shape index (κ3) is 9.01. The van der Waals surface area contributed by atoms with Crippen molar-refractivity contribution in [3.05, 3.63) is 130 Å². The van der Waals surface area contributed by atoms with Gasteiger partial charge in [-0.05, 0) is 61.2 Å². The van der Waals surface area contributed by atoms with Crippen LogP contribution < -0.4 is 9.62 Å². The lowest BCUT2D eigenvalue weighted by atomic mass is 10.0. The first-order valence-electron chi connectivity index (χ1n) is 16.0. The number of aryl methyl sites for hydroxylation is 1. The molecule has 1 atom stereocenters. The number of amides is 2. The highest BCUT2D eigenvalue weighted by molar-refractivity contribution is 7.92. The number of carbonyl (C=O) groups excluding carboxylic acids is 2. The zero-order valence-electron chi connectivity index (χ0n) is 26.9. The summed E-state index contributed by atoms with van der Waals surface area (Å²) < 4.78 is 70.6. The number of hydrogen-bond donors (Lipinski definition) is 1. The summed E-state index contributed by atoms with van der Waals surface area (Å²) in [6.07, 6.45) is -1.18. The Morgan fingerprint density at radius 1 is 0.878 bits per heavy atom. The molecule has 5 rings (SSSR count). The van der Waals surface area contributed by atoms with E-state index in [-0.39, 0.29) is 28.9 Å². The molecule has 49 heavy (non-hydrogen) atoms. The predicted molar refractivity (Wildman–Crippen MR) is 183 cm³/mol. The molecule has 0 spiro atoms. The molecule has 1 N–H and O–H groups in total. The Morgan fingerprint density at radius 3 is 2.14 bits per heavy atom. The minimum absolute atomic E-state index is 0.0638. The van der Waals surface area contributed by atoms with Gasteiger partial charge in [-0.25, -0.2) is 8.42 Å². The first kappa shape index (κ1) is 35.9. The van der Waals surface area contributed by atoms with E-state index in [0.29, 0.717) is 15.9 Å². The molecule has 1 unspecified atom stereocenters. The van der Waals surface area contributed by atoms with Gasteiger partial charge >= 0.3 is 6.18 Å². The van der Waals surface area contributed by atoms with E-state index in [1.54, 1.807) is 12.1 Å². The van der Waals surface area contributed by atoms with E-state index < -0.39 is 51.9 Å². The fourth-order valence-electron chi connectivity index (χ4n) is 6.04. The van der Waals surface area contributed by atoms with Gasteiger partial charge in [-0.15, -0.1) is 0 Å². The van der Waals surface area contributed by atoms with Crippen molar-refractivity contribution in [3.8, 4) is 0 Å². The Labute approximate surface area is 289 Å². The van der Waals surface area contributed by atoms with E-state index in [1.165, 1.54) is 29.2 Å². The Morgan fingerprint density at radius 2 is 1.51 bits per heavy atom. The first-order valence-corrected chi connectivity index (χ1v) is 17.8. The van der Waals surface area contributed by atoms with Gasteiger partial charge in [0.25, 0.3) is 10.0 Å². The van der Waals surface area contributed by atoms with Gasteiger partial charge in [0, 0.05) is 19.0 Å². The van der Waals surface area contributed by atoms with E-state index in [0.717, 1.165) is 48.9 Å². The average Bonchev–Trinajstić information content (AvgIpc) is 3.59. The van der Waals surface area contributed by atoms with Gasteiger partial charge in [0.1, 0.15) is 12.6 Å². The van der Waals surface area contributed by atoms with Crippen LogP contribution in [-0.4, -0.2) is 43.8 Å². The topological polar surface area (TPSA) is 86.8 Å². The highest BCUT2D eigenvalue weighted by Crippen LogP contribution is 2.37. The van der Waals surface area contributed by atoms with E-state index >= 15 is 0 Å². The van der Waals surface area contributed by atoms with Crippen LogP contribution in [0.25, 0.3) is 0 Å². The van der Waals surface area contributed by atoms with Crippen LogP contribution in [0.3, 0.4) is 0 Å². The van der Waals surface area contributed by atoms with E-state index in [9.17, 15) is 31.2 Å². The van der Waals surface area contributed by atoms with Crippen molar-refractivity contribution >= 4 is 39.1 Å². The molecule has 1 saturated carbocycles. The summed E-state index contributed by atoms with van der Waals surface area (Å²) in [5.74, 6) is -1.19. The lowest BCUT2D eigenvalue weighted by Crippen LogP contribution is -2.54. The number of benzene rings is 4. The second-order valence-corrected chi connectivity index (χ2v) is 14.5. The molecule has 1 aliphatic rings. The summed E-state index contributed by atoms with van der Waals surface area (Å²) >= 11 is 6.40. The fourth-order valence-corrected chi connectivity index (χ4v) is 7.76. The van der Waals surface area contributed by atoms with Gasteiger partial charge in [0.2, 0.25) is 11.8 Å². The van der Waals surface area contributed by atoms with Crippen LogP contribution in [0.5, 0.6) is 0 Å². The van der Waals surface area contributed by atoms with Crippen molar-refractivity contribution in [1.29, 1.82) is 0 Å². The highest BCUT2D eigenvalue weighted by atomic mass is 35.5. The normalized spacial score (nSPS) is 14.3. The maximum absolute atomic E-state index is 14.6. The number of alkyl halides is 3. The molecule has 0 saturated heterocycles. The SMILES string of the molecule is Cc1cccc(CN(C(=O)CN(c2cc(C(F)(F)F)ccc2Cl)S(=O)(=O)c2ccccc2)C(Cc2ccccc2)C(=O)NC2CCCC2)c1. The number of hydrogen-bond acceptors (Lipinski definition) is 4. The standard InChI is InChI=1S/C37H37ClF3N3O4S/c1-26-11-10-14-28(21-26)24-43(34(22-27-12-4-2-5-13-27)36(46)42-30-15-8-9-16-30)35(45)25-44(49(47,48)31-17-6-3-7-18-31)33-23-29(37(39,40)41)19-20-32(33)38/h2-7,10-14,17-21,23,30,34H,8-9,15-16,22,24-25H2,1H3,(H,42,46). The molecule has 0 bridgehead atoms. The molecule has 258 valence electrons. The van der Waals surface area contributed by atoms with Crippen molar-refractivity contribution in [2.24, 2.45) is 0 Å². The van der Waals surface area contributed by atoms with Gasteiger partial charge < -0.3 is 10.2 Å². The molecule has 2 amide bonds. The number of carbonyl (C=O) groups is 2. The van der Waals surface area contributed by atoms with E-state index in [1.807, 2.05) is 55.5 Å². The van der Waals surface area contributed by atoms with Crippen LogP contribution >= 0.6 is 11.6 Å². The second kappa shape index (κ2) is 15.5. The Balaban J connectivity index is 1.62. The predicted octanol–water partition coefficient (Wildman–Crippen LogP) is 7.56. The van der Waals surface area contributed by atoms with Crippen molar-refractivity contribution in [1.82, 2.24) is 10.2 Å². The zero-order valence-corrected chi connectivity index (χ0v) is 28.4. The molecule has 1 aliphatic carbocycles. The maximum Gasteiger partial charge on any atom is 0.416 e. The number of anilines is 1. The summed E-state index contributed by atoms with van der Waals surface area (Å²) in [5, 5.41) is 2.79. The van der Waals surface area contributed by atoms with Crippen molar-refractivity contribution in [2.45, 2.75) is 68.7 Å². The Bertz CT molecular complexity index is 1870. The summed E-state index contributed by atoms with van der Waals surface area (Å²) in [5.41, 5.74) is 0.714. The minimum atomic E-state index is -4.82. The van der Waals surface area contributed by atoms with Gasteiger partial charge in [0.05, 0.1) is 21.2 Å². The van der Waals surface area contributed by atoms with Crippen LogP contribution in [0, 0.1) is 6.92 Å². The molecule has 7 nitrogen and oxygen atoms in total. The maximum atomic E-state index is 14.6. The van der Waals surface area contributed by atoms with Crippen molar-refractivity contribution in [3.63, 3.8) is 0 Å².